The third-order valence-electron chi connectivity index (χ3n) is 2.50. The highest BCUT2D eigenvalue weighted by atomic mass is 31.2. The van der Waals surface area contributed by atoms with Crippen LogP contribution < -0.4 is 33.3 Å². The molecular weight excluding hydrogens is 331 g/mol. The Kier molecular flexibility index (Phi) is 7.29. The maximum absolute atomic E-state index is 11.7. The van der Waals surface area contributed by atoms with Gasteiger partial charge in [-0.25, -0.2) is 4.79 Å². The molecule has 0 radical (unpaired) electrons. The minimum absolute atomic E-state index is 0. The van der Waals surface area contributed by atoms with Crippen molar-refractivity contribution in [1.29, 1.82) is 0 Å². The van der Waals surface area contributed by atoms with Gasteiger partial charge in [0, 0.05) is 6.20 Å². The Hall–Kier alpha value is -2.03. The summed E-state index contributed by atoms with van der Waals surface area (Å²) in [6.07, 6.45) is 5.90. The van der Waals surface area contributed by atoms with E-state index in [0.717, 1.165) is 10.8 Å². The zero-order valence-corrected chi connectivity index (χ0v) is 13.3. The number of aromatic amines is 1. The van der Waals surface area contributed by atoms with Crippen molar-refractivity contribution in [2.45, 2.75) is 12.5 Å². The molecule has 9 N–H and O–H groups in total. The number of aromatic nitrogens is 2. The first-order valence-electron chi connectivity index (χ1n) is 5.59. The van der Waals surface area contributed by atoms with Crippen molar-refractivity contribution in [2.75, 3.05) is 6.35 Å². The molecule has 1 aliphatic heterocycles. The maximum atomic E-state index is 11.7. The van der Waals surface area contributed by atoms with E-state index in [2.05, 4.69) is 5.92 Å². The Bertz CT molecular complexity index is 772. The quantitative estimate of drug-likeness (QED) is 0.335. The average Bonchev–Trinajstić information content (AvgIpc) is 2.84. The number of hydrogen-bond acceptors (Lipinski definition) is 7. The van der Waals surface area contributed by atoms with Gasteiger partial charge in [-0.05, 0) is 19.7 Å². The summed E-state index contributed by atoms with van der Waals surface area (Å²) in [5.74, 6) is 2.11. The zero-order valence-electron chi connectivity index (χ0n) is 12.4. The smallest absolute Gasteiger partial charge is 0.330 e. The SMILES string of the molecule is C#Cc1cn([C@H]2C=C[C@@H](OCP(=O)([O-])[O-])O2)c(=O)[nH]c1=O.[NH4+].[NH4+]. The second-order valence-corrected chi connectivity index (χ2v) is 5.52. The first kappa shape index (κ1) is 21.0. The van der Waals surface area contributed by atoms with Gasteiger partial charge >= 0.3 is 5.69 Å². The van der Waals surface area contributed by atoms with Crippen LogP contribution in [-0.4, -0.2) is 22.2 Å². The Labute approximate surface area is 130 Å². The van der Waals surface area contributed by atoms with Crippen molar-refractivity contribution in [2.24, 2.45) is 0 Å². The molecule has 11 nitrogen and oxygen atoms in total. The van der Waals surface area contributed by atoms with Crippen LogP contribution in [0.25, 0.3) is 0 Å². The van der Waals surface area contributed by atoms with E-state index >= 15 is 0 Å². The molecule has 0 unspecified atom stereocenters. The van der Waals surface area contributed by atoms with E-state index in [-0.39, 0.29) is 17.9 Å². The number of quaternary nitrogens is 2. The summed E-state index contributed by atoms with van der Waals surface area (Å²) in [6.45, 7) is 0. The number of nitrogens with one attached hydrogen (secondary N) is 1. The summed E-state index contributed by atoms with van der Waals surface area (Å²) in [5.41, 5.74) is -1.53. The molecule has 0 aliphatic carbocycles. The minimum atomic E-state index is -4.82. The van der Waals surface area contributed by atoms with E-state index < -0.39 is 37.7 Å². The van der Waals surface area contributed by atoms with Gasteiger partial charge in [0.25, 0.3) is 5.56 Å². The summed E-state index contributed by atoms with van der Waals surface area (Å²) in [7, 11) is -4.82. The number of hydrogen-bond donors (Lipinski definition) is 3. The summed E-state index contributed by atoms with van der Waals surface area (Å²) < 4.78 is 21.4. The number of terminal acetylenes is 1. The molecule has 2 rings (SSSR count). The molecule has 12 heteroatoms. The monoisotopic (exact) mass is 348 g/mol. The van der Waals surface area contributed by atoms with E-state index in [0.29, 0.717) is 0 Å². The van der Waals surface area contributed by atoms with Crippen LogP contribution in [0.3, 0.4) is 0 Å². The third-order valence-corrected chi connectivity index (χ3v) is 2.97. The Balaban J connectivity index is 0.00000242. The normalized spacial score (nSPS) is 19.5. The molecule has 23 heavy (non-hydrogen) atoms. The molecule has 128 valence electrons. The second-order valence-electron chi connectivity index (χ2n) is 4.04. The van der Waals surface area contributed by atoms with E-state index in [1.165, 1.54) is 12.2 Å². The second kappa shape index (κ2) is 8.00. The fourth-order valence-electron chi connectivity index (χ4n) is 1.61. The molecule has 0 saturated carbocycles. The highest BCUT2D eigenvalue weighted by Crippen LogP contribution is 2.27. The van der Waals surface area contributed by atoms with E-state index in [4.69, 9.17) is 15.9 Å². The predicted octanol–water partition coefficient (Wildman–Crippen LogP) is -1.43. The molecule has 0 saturated heterocycles. The zero-order chi connectivity index (χ0) is 15.6. The maximum Gasteiger partial charge on any atom is 0.330 e. The fraction of sp³-hybridized carbons (Fsp3) is 0.273. The summed E-state index contributed by atoms with van der Waals surface area (Å²) in [6, 6.07) is 0. The van der Waals surface area contributed by atoms with E-state index in [1.54, 1.807) is 0 Å². The fourth-order valence-corrected chi connectivity index (χ4v) is 1.94. The first-order chi connectivity index (χ1) is 9.80. The molecule has 0 fully saturated rings. The molecule has 0 bridgehead atoms. The minimum Gasteiger partial charge on any atom is -0.809 e. The van der Waals surface area contributed by atoms with Gasteiger partial charge in [-0.3, -0.25) is 14.3 Å². The third kappa shape index (κ3) is 5.27. The van der Waals surface area contributed by atoms with Crippen molar-refractivity contribution in [3.05, 3.63) is 44.8 Å². The highest BCUT2D eigenvalue weighted by molar-refractivity contribution is 7.48. The summed E-state index contributed by atoms with van der Waals surface area (Å²) in [5, 5.41) is 0. The van der Waals surface area contributed by atoms with Crippen LogP contribution in [0.4, 0.5) is 0 Å². The molecule has 0 aromatic carbocycles. The summed E-state index contributed by atoms with van der Waals surface area (Å²) in [4.78, 5) is 45.9. The van der Waals surface area contributed by atoms with Crippen molar-refractivity contribution in [3.8, 4) is 12.3 Å². The molecule has 0 spiro atoms. The van der Waals surface area contributed by atoms with Crippen LogP contribution in [0, 0.1) is 12.3 Å². The number of nitrogens with zero attached hydrogens (tertiary/aromatic N) is 1. The molecular formula is C11H17N4O7P. The lowest BCUT2D eigenvalue weighted by Gasteiger charge is -2.30. The van der Waals surface area contributed by atoms with Gasteiger partial charge in [0.15, 0.2) is 12.5 Å². The van der Waals surface area contributed by atoms with Crippen molar-refractivity contribution in [1.82, 2.24) is 21.9 Å². The predicted molar refractivity (Wildman–Crippen MR) is 77.8 cm³/mol. The van der Waals surface area contributed by atoms with Crippen LogP contribution in [-0.2, 0) is 14.0 Å². The van der Waals surface area contributed by atoms with Gasteiger partial charge in [0.1, 0.15) is 5.56 Å². The van der Waals surface area contributed by atoms with Crippen LogP contribution in [0.2, 0.25) is 0 Å². The van der Waals surface area contributed by atoms with Crippen LogP contribution in [0.1, 0.15) is 11.8 Å². The topological polar surface area (TPSA) is 210 Å². The van der Waals surface area contributed by atoms with Crippen LogP contribution in [0.15, 0.2) is 27.9 Å². The lowest BCUT2D eigenvalue weighted by Crippen LogP contribution is -2.34. The lowest BCUT2D eigenvalue weighted by atomic mass is 10.3. The molecule has 1 aromatic rings. The number of ether oxygens (including phenoxy) is 2. The van der Waals surface area contributed by atoms with Gasteiger partial charge in [-0.15, -0.1) is 6.42 Å². The van der Waals surface area contributed by atoms with Gasteiger partial charge in [0.2, 0.25) is 0 Å². The summed E-state index contributed by atoms with van der Waals surface area (Å²) >= 11 is 0. The van der Waals surface area contributed by atoms with E-state index in [1.807, 2.05) is 4.98 Å². The van der Waals surface area contributed by atoms with Crippen molar-refractivity contribution in [3.63, 3.8) is 0 Å². The highest BCUT2D eigenvalue weighted by Gasteiger charge is 2.22. The van der Waals surface area contributed by atoms with Crippen LogP contribution in [0.5, 0.6) is 0 Å². The number of H-pyrrole nitrogens is 1. The van der Waals surface area contributed by atoms with Crippen LogP contribution >= 0.6 is 7.60 Å². The number of rotatable bonds is 4. The standard InChI is InChI=1S/C11H11N2O7P.2H3N/c1-2-7-5-13(11(15)12-10(7)14)8-3-4-9(20-8)19-6-21(16,17)18;;/h1,3-5,8-9H,6H2,(H,12,14,15)(H2,16,17,18);2*1H3/t8-,9+;;/m1../s1. The van der Waals surface area contributed by atoms with Gasteiger partial charge in [0.05, 0.1) is 6.35 Å². The van der Waals surface area contributed by atoms with E-state index in [9.17, 15) is 23.9 Å². The van der Waals surface area contributed by atoms with Crippen molar-refractivity contribution < 1.29 is 23.8 Å². The van der Waals surface area contributed by atoms with Gasteiger partial charge in [-0.1, -0.05) is 5.92 Å². The molecule has 1 aromatic heterocycles. The molecule has 0 amide bonds. The lowest BCUT2D eigenvalue weighted by molar-refractivity contribution is -0.320. The molecule has 2 atom stereocenters. The van der Waals surface area contributed by atoms with Gasteiger partial charge in [-0.2, -0.15) is 0 Å². The Morgan fingerprint density at radius 3 is 2.61 bits per heavy atom. The molecule has 2 heterocycles. The van der Waals surface area contributed by atoms with Gasteiger partial charge < -0.3 is 36.1 Å². The molecule has 1 aliphatic rings. The largest absolute Gasteiger partial charge is 0.809 e. The Morgan fingerprint density at radius 2 is 2.04 bits per heavy atom. The first-order valence-corrected chi connectivity index (χ1v) is 7.31. The average molecular weight is 348 g/mol. The van der Waals surface area contributed by atoms with Crippen molar-refractivity contribution >= 4 is 7.60 Å². The Morgan fingerprint density at radius 1 is 1.39 bits per heavy atom.